The lowest BCUT2D eigenvalue weighted by molar-refractivity contribution is -0.131. The summed E-state index contributed by atoms with van der Waals surface area (Å²) in [5.74, 6) is 0.0125. The average Bonchev–Trinajstić information content (AvgIpc) is 3.18. The number of nitrogens with zero attached hydrogens (tertiary/aromatic N) is 4. The van der Waals surface area contributed by atoms with Crippen LogP contribution in [0.3, 0.4) is 0 Å². The smallest absolute Gasteiger partial charge is 0.337 e. The third kappa shape index (κ3) is 5.02. The highest BCUT2D eigenvalue weighted by Gasteiger charge is 2.26. The summed E-state index contributed by atoms with van der Waals surface area (Å²) in [6.07, 6.45) is 1.58. The highest BCUT2D eigenvalue weighted by atomic mass is 32.1. The Balaban J connectivity index is 2.34. The van der Waals surface area contributed by atoms with Gasteiger partial charge in [0.2, 0.25) is 5.91 Å². The number of fused-ring (bicyclic) bond motifs is 1. The van der Waals surface area contributed by atoms with E-state index in [2.05, 4.69) is 0 Å². The van der Waals surface area contributed by atoms with Crippen molar-refractivity contribution in [1.82, 2.24) is 18.9 Å². The molecule has 0 aliphatic heterocycles. The molecule has 0 saturated heterocycles. The van der Waals surface area contributed by atoms with Gasteiger partial charge in [0.05, 0.1) is 23.1 Å². The molecule has 0 atom stereocenters. The fourth-order valence-corrected chi connectivity index (χ4v) is 5.32. The van der Waals surface area contributed by atoms with E-state index in [0.717, 1.165) is 28.7 Å². The van der Waals surface area contributed by atoms with Gasteiger partial charge < -0.3 is 14.5 Å². The summed E-state index contributed by atoms with van der Waals surface area (Å²) in [5.41, 5.74) is -0.354. The van der Waals surface area contributed by atoms with E-state index in [-0.39, 0.29) is 23.7 Å². The van der Waals surface area contributed by atoms with Crippen molar-refractivity contribution in [2.24, 2.45) is 0 Å². The van der Waals surface area contributed by atoms with Crippen molar-refractivity contribution in [1.29, 1.82) is 0 Å². The Labute approximate surface area is 208 Å². The predicted molar refractivity (Wildman–Crippen MR) is 138 cm³/mol. The van der Waals surface area contributed by atoms with Crippen molar-refractivity contribution in [2.75, 3.05) is 34.3 Å². The molecule has 2 aromatic heterocycles. The molecule has 188 valence electrons. The van der Waals surface area contributed by atoms with Crippen LogP contribution in [0.2, 0.25) is 0 Å². The van der Waals surface area contributed by atoms with E-state index < -0.39 is 11.2 Å². The number of aromatic nitrogens is 2. The van der Waals surface area contributed by atoms with Crippen LogP contribution in [-0.4, -0.2) is 65.0 Å². The summed E-state index contributed by atoms with van der Waals surface area (Å²) in [5, 5.41) is 0.257. The van der Waals surface area contributed by atoms with Crippen LogP contribution in [0, 0.1) is 6.92 Å². The molecule has 0 saturated carbocycles. The second-order valence-electron chi connectivity index (χ2n) is 8.53. The third-order valence-electron chi connectivity index (χ3n) is 5.76. The Kier molecular flexibility index (Phi) is 8.16. The molecule has 35 heavy (non-hydrogen) atoms. The number of hydrogen-bond acceptors (Lipinski definition) is 6. The van der Waals surface area contributed by atoms with Crippen LogP contribution in [0.5, 0.6) is 5.75 Å². The number of carbonyl (C=O) groups is 2. The van der Waals surface area contributed by atoms with Gasteiger partial charge in [-0.05, 0) is 37.5 Å². The number of aryl methyl sites for hydroxylation is 1. The first kappa shape index (κ1) is 26.2. The number of benzene rings is 1. The van der Waals surface area contributed by atoms with Crippen LogP contribution in [-0.2, 0) is 11.3 Å². The molecule has 2 heterocycles. The summed E-state index contributed by atoms with van der Waals surface area (Å²) in [6, 6.07) is 6.63. The quantitative estimate of drug-likeness (QED) is 0.450. The molecule has 1 aromatic carbocycles. The number of hydrogen-bond donors (Lipinski definition) is 0. The van der Waals surface area contributed by atoms with E-state index in [1.165, 1.54) is 16.6 Å². The van der Waals surface area contributed by atoms with Gasteiger partial charge in [0.1, 0.15) is 17.1 Å². The van der Waals surface area contributed by atoms with Crippen LogP contribution in [0.15, 0.2) is 33.9 Å². The normalized spacial score (nSPS) is 11.0. The molecule has 0 spiro atoms. The Hall–Kier alpha value is -3.40. The summed E-state index contributed by atoms with van der Waals surface area (Å²) in [7, 11) is 4.76. The van der Waals surface area contributed by atoms with Gasteiger partial charge in [-0.3, -0.25) is 19.0 Å². The van der Waals surface area contributed by atoms with Gasteiger partial charge in [-0.2, -0.15) is 0 Å². The molecule has 0 N–H and O–H groups in total. The molecule has 9 nitrogen and oxygen atoms in total. The molecule has 0 radical (unpaired) electrons. The zero-order chi connectivity index (χ0) is 25.9. The number of ether oxygens (including phenoxy) is 1. The minimum atomic E-state index is -0.637. The second-order valence-corrected chi connectivity index (χ2v) is 9.53. The van der Waals surface area contributed by atoms with Crippen LogP contribution in [0.1, 0.15) is 41.9 Å². The minimum Gasteiger partial charge on any atom is -0.497 e. The average molecular weight is 501 g/mol. The van der Waals surface area contributed by atoms with Crippen LogP contribution >= 0.6 is 11.3 Å². The van der Waals surface area contributed by atoms with Gasteiger partial charge in [-0.25, -0.2) is 9.36 Å². The number of methoxy groups -OCH3 is 1. The van der Waals surface area contributed by atoms with Crippen molar-refractivity contribution in [2.45, 2.75) is 40.2 Å². The first-order chi connectivity index (χ1) is 16.7. The fourth-order valence-electron chi connectivity index (χ4n) is 4.01. The SMILES string of the molecule is CCCN(CCC)C(=O)Cn1c(=O)n(-c2cccc(OC)c2)c(=O)c2c(C)c(C(=O)N(C)C)sc21. The molecule has 3 aromatic rings. The first-order valence-corrected chi connectivity index (χ1v) is 12.4. The Bertz CT molecular complexity index is 1360. The number of amides is 2. The van der Waals surface area contributed by atoms with Crippen LogP contribution in [0.4, 0.5) is 0 Å². The summed E-state index contributed by atoms with van der Waals surface area (Å²) < 4.78 is 7.64. The second kappa shape index (κ2) is 10.9. The molecule has 2 amide bonds. The lowest BCUT2D eigenvalue weighted by Crippen LogP contribution is -2.43. The van der Waals surface area contributed by atoms with E-state index >= 15 is 0 Å². The van der Waals surface area contributed by atoms with E-state index in [1.807, 2.05) is 13.8 Å². The molecule has 0 aliphatic rings. The summed E-state index contributed by atoms with van der Waals surface area (Å²) >= 11 is 1.07. The molecule has 3 rings (SSSR count). The fraction of sp³-hybridized carbons (Fsp3) is 0.440. The van der Waals surface area contributed by atoms with Gasteiger partial charge in [-0.1, -0.05) is 19.9 Å². The predicted octanol–water partition coefficient (Wildman–Crippen LogP) is 2.88. The molecule has 0 fully saturated rings. The lowest BCUT2D eigenvalue weighted by Gasteiger charge is -2.22. The highest BCUT2D eigenvalue weighted by Crippen LogP contribution is 2.29. The van der Waals surface area contributed by atoms with Gasteiger partial charge in [0.25, 0.3) is 11.5 Å². The monoisotopic (exact) mass is 500 g/mol. The molecular formula is C25H32N4O5S. The first-order valence-electron chi connectivity index (χ1n) is 11.6. The molecule has 0 aliphatic carbocycles. The zero-order valence-electron chi connectivity index (χ0n) is 21.1. The van der Waals surface area contributed by atoms with Crippen molar-refractivity contribution in [3.8, 4) is 11.4 Å². The lowest BCUT2D eigenvalue weighted by atomic mass is 10.2. The van der Waals surface area contributed by atoms with E-state index in [0.29, 0.717) is 39.8 Å². The van der Waals surface area contributed by atoms with E-state index in [4.69, 9.17) is 4.74 Å². The van der Waals surface area contributed by atoms with Gasteiger partial charge in [-0.15, -0.1) is 11.3 Å². The molecule has 10 heteroatoms. The Morgan fingerprint density at radius 1 is 1.09 bits per heavy atom. The standard InChI is InChI=1S/C25H32N4O5S/c1-7-12-27(13-8-2)19(30)15-28-24-20(16(3)21(35-24)23(32)26(4)5)22(31)29(25(28)33)17-10-9-11-18(14-17)34-6/h9-11,14H,7-8,12-13,15H2,1-6H3. The van der Waals surface area contributed by atoms with Crippen LogP contribution < -0.4 is 16.0 Å². The third-order valence-corrected chi connectivity index (χ3v) is 7.06. The van der Waals surface area contributed by atoms with Gasteiger partial charge >= 0.3 is 5.69 Å². The van der Waals surface area contributed by atoms with E-state index in [1.54, 1.807) is 50.2 Å². The van der Waals surface area contributed by atoms with Crippen LogP contribution in [0.25, 0.3) is 15.9 Å². The molecular weight excluding hydrogens is 468 g/mol. The van der Waals surface area contributed by atoms with Crippen molar-refractivity contribution >= 4 is 33.4 Å². The number of thiophene rings is 1. The van der Waals surface area contributed by atoms with Crippen molar-refractivity contribution in [3.63, 3.8) is 0 Å². The topological polar surface area (TPSA) is 93.8 Å². The minimum absolute atomic E-state index is 0.209. The Morgan fingerprint density at radius 2 is 1.74 bits per heavy atom. The van der Waals surface area contributed by atoms with Gasteiger partial charge in [0.15, 0.2) is 0 Å². The van der Waals surface area contributed by atoms with Crippen molar-refractivity contribution in [3.05, 3.63) is 55.5 Å². The molecule has 0 unspecified atom stereocenters. The highest BCUT2D eigenvalue weighted by molar-refractivity contribution is 7.20. The summed E-state index contributed by atoms with van der Waals surface area (Å²) in [6.45, 7) is 6.61. The number of rotatable bonds is 9. The maximum absolute atomic E-state index is 13.7. The molecule has 0 bridgehead atoms. The maximum atomic E-state index is 13.7. The number of carbonyl (C=O) groups excluding carboxylic acids is 2. The van der Waals surface area contributed by atoms with Crippen molar-refractivity contribution < 1.29 is 14.3 Å². The Morgan fingerprint density at radius 3 is 2.31 bits per heavy atom. The van der Waals surface area contributed by atoms with Gasteiger partial charge in [0, 0.05) is 33.3 Å². The zero-order valence-corrected chi connectivity index (χ0v) is 21.9. The largest absolute Gasteiger partial charge is 0.497 e. The summed E-state index contributed by atoms with van der Waals surface area (Å²) in [4.78, 5) is 57.3. The maximum Gasteiger partial charge on any atom is 0.337 e. The van der Waals surface area contributed by atoms with E-state index in [9.17, 15) is 19.2 Å².